The highest BCUT2D eigenvalue weighted by Gasteiger charge is 2.19. The number of hydrogen-bond donors (Lipinski definition) is 2. The van der Waals surface area contributed by atoms with Gasteiger partial charge in [-0.25, -0.2) is 4.79 Å². The van der Waals surface area contributed by atoms with Crippen molar-refractivity contribution in [3.05, 3.63) is 70.0 Å². The van der Waals surface area contributed by atoms with Crippen LogP contribution in [0.1, 0.15) is 24.0 Å². The van der Waals surface area contributed by atoms with Gasteiger partial charge in [0.25, 0.3) is 5.56 Å². The lowest BCUT2D eigenvalue weighted by atomic mass is 10.1. The molecule has 4 rings (SSSR count). The van der Waals surface area contributed by atoms with Gasteiger partial charge in [0.05, 0.1) is 26.3 Å². The van der Waals surface area contributed by atoms with E-state index in [9.17, 15) is 9.59 Å². The summed E-state index contributed by atoms with van der Waals surface area (Å²) >= 11 is 0. The Balaban J connectivity index is 1.55. The van der Waals surface area contributed by atoms with E-state index >= 15 is 0 Å². The number of aromatic amines is 1. The van der Waals surface area contributed by atoms with E-state index in [0.717, 1.165) is 30.6 Å². The Hall–Kier alpha value is -3.52. The quantitative estimate of drug-likeness (QED) is 0.507. The zero-order valence-electron chi connectivity index (χ0n) is 19.8. The molecule has 1 saturated heterocycles. The van der Waals surface area contributed by atoms with Crippen molar-refractivity contribution in [2.45, 2.75) is 25.9 Å². The van der Waals surface area contributed by atoms with E-state index in [1.54, 1.807) is 25.2 Å². The topological polar surface area (TPSA) is 86.9 Å². The van der Waals surface area contributed by atoms with Gasteiger partial charge < -0.3 is 29.6 Å². The average Bonchev–Trinajstić information content (AvgIpc) is 3.39. The lowest BCUT2D eigenvalue weighted by Crippen LogP contribution is -2.43. The van der Waals surface area contributed by atoms with E-state index in [1.165, 1.54) is 12.8 Å². The van der Waals surface area contributed by atoms with Gasteiger partial charge in [-0.2, -0.15) is 0 Å². The molecule has 0 unspecified atom stereocenters. The number of carbonyl (C=O) groups is 1. The van der Waals surface area contributed by atoms with Gasteiger partial charge in [-0.3, -0.25) is 4.79 Å². The molecule has 3 aromatic rings. The SMILES string of the molecule is COc1cc2cc(CN(CCN3CCCC3)C(=O)NCc3ccccc3)c(=O)[nH]c2cc1OC. The summed E-state index contributed by atoms with van der Waals surface area (Å²) in [4.78, 5) is 33.0. The number of likely N-dealkylation sites (tertiary alicyclic amines) is 1. The first-order chi connectivity index (χ1) is 16.6. The van der Waals surface area contributed by atoms with Crippen LogP contribution >= 0.6 is 0 Å². The first-order valence-electron chi connectivity index (χ1n) is 11.6. The van der Waals surface area contributed by atoms with Gasteiger partial charge in [0.2, 0.25) is 0 Å². The number of carbonyl (C=O) groups excluding carboxylic acids is 1. The maximum atomic E-state index is 13.1. The molecule has 1 aliphatic rings. The van der Waals surface area contributed by atoms with Crippen molar-refractivity contribution in [1.82, 2.24) is 20.1 Å². The van der Waals surface area contributed by atoms with Crippen LogP contribution in [-0.4, -0.2) is 61.2 Å². The predicted molar refractivity (Wildman–Crippen MR) is 132 cm³/mol. The Morgan fingerprint density at radius 3 is 2.47 bits per heavy atom. The number of nitrogens with one attached hydrogen (secondary N) is 2. The van der Waals surface area contributed by atoms with E-state index in [0.29, 0.717) is 35.7 Å². The van der Waals surface area contributed by atoms with Gasteiger partial charge in [-0.15, -0.1) is 0 Å². The van der Waals surface area contributed by atoms with Crippen molar-refractivity contribution in [2.75, 3.05) is 40.4 Å². The van der Waals surface area contributed by atoms with Crippen LogP contribution < -0.4 is 20.3 Å². The van der Waals surface area contributed by atoms with E-state index < -0.39 is 0 Å². The number of ether oxygens (including phenoxy) is 2. The molecule has 34 heavy (non-hydrogen) atoms. The van der Waals surface area contributed by atoms with Crippen LogP contribution in [0.3, 0.4) is 0 Å². The van der Waals surface area contributed by atoms with Crippen molar-refractivity contribution in [3.8, 4) is 11.5 Å². The number of nitrogens with zero attached hydrogens (tertiary/aromatic N) is 2. The molecular formula is C26H32N4O4. The largest absolute Gasteiger partial charge is 0.493 e. The Bertz CT molecular complexity index is 1170. The van der Waals surface area contributed by atoms with Crippen LogP contribution in [0, 0.1) is 0 Å². The lowest BCUT2D eigenvalue weighted by molar-refractivity contribution is 0.184. The first kappa shape index (κ1) is 23.6. The molecular weight excluding hydrogens is 432 g/mol. The third-order valence-corrected chi connectivity index (χ3v) is 6.25. The summed E-state index contributed by atoms with van der Waals surface area (Å²) in [7, 11) is 3.13. The number of fused-ring (bicyclic) bond motifs is 1. The van der Waals surface area contributed by atoms with E-state index in [2.05, 4.69) is 15.2 Å². The maximum absolute atomic E-state index is 13.1. The molecule has 2 amide bonds. The summed E-state index contributed by atoms with van der Waals surface area (Å²) in [6.45, 7) is 4.09. The van der Waals surface area contributed by atoms with E-state index in [-0.39, 0.29) is 18.1 Å². The molecule has 8 heteroatoms. The van der Waals surface area contributed by atoms with Gasteiger partial charge in [-0.1, -0.05) is 30.3 Å². The second kappa shape index (κ2) is 11.1. The summed E-state index contributed by atoms with van der Waals surface area (Å²) in [5.41, 5.74) is 1.99. The summed E-state index contributed by atoms with van der Waals surface area (Å²) in [6, 6.07) is 15.0. The van der Waals surface area contributed by atoms with E-state index in [4.69, 9.17) is 9.47 Å². The zero-order valence-corrected chi connectivity index (χ0v) is 19.8. The van der Waals surface area contributed by atoms with Crippen molar-refractivity contribution >= 4 is 16.9 Å². The number of rotatable bonds is 9. The number of amides is 2. The highest BCUT2D eigenvalue weighted by molar-refractivity contribution is 5.83. The fraction of sp³-hybridized carbons (Fsp3) is 0.385. The van der Waals surface area contributed by atoms with Crippen molar-refractivity contribution in [2.24, 2.45) is 0 Å². The third-order valence-electron chi connectivity index (χ3n) is 6.25. The number of hydrogen-bond acceptors (Lipinski definition) is 5. The summed E-state index contributed by atoms with van der Waals surface area (Å²) < 4.78 is 10.7. The minimum Gasteiger partial charge on any atom is -0.493 e. The number of H-pyrrole nitrogens is 1. The van der Waals surface area contributed by atoms with Crippen LogP contribution in [0.25, 0.3) is 10.9 Å². The highest BCUT2D eigenvalue weighted by atomic mass is 16.5. The monoisotopic (exact) mass is 464 g/mol. The number of pyridine rings is 1. The average molecular weight is 465 g/mol. The number of urea groups is 1. The van der Waals surface area contributed by atoms with Crippen molar-refractivity contribution in [3.63, 3.8) is 0 Å². The maximum Gasteiger partial charge on any atom is 0.318 e. The number of methoxy groups -OCH3 is 2. The van der Waals surface area contributed by atoms with Gasteiger partial charge in [0.15, 0.2) is 11.5 Å². The molecule has 0 radical (unpaired) electrons. The summed E-state index contributed by atoms with van der Waals surface area (Å²) in [5.74, 6) is 1.13. The normalized spacial score (nSPS) is 13.7. The zero-order chi connectivity index (χ0) is 23.9. The third kappa shape index (κ3) is 5.69. The Kier molecular flexibility index (Phi) is 7.69. The molecule has 1 fully saturated rings. The van der Waals surface area contributed by atoms with Crippen LogP contribution in [0.15, 0.2) is 53.3 Å². The molecule has 0 saturated carbocycles. The van der Waals surface area contributed by atoms with Crippen LogP contribution in [0.5, 0.6) is 11.5 Å². The molecule has 2 aromatic carbocycles. The number of aromatic nitrogens is 1. The fourth-order valence-corrected chi connectivity index (χ4v) is 4.31. The second-order valence-corrected chi connectivity index (χ2v) is 8.53. The molecule has 0 atom stereocenters. The molecule has 2 N–H and O–H groups in total. The van der Waals surface area contributed by atoms with Gasteiger partial charge >= 0.3 is 6.03 Å². The molecule has 1 aliphatic heterocycles. The van der Waals surface area contributed by atoms with Crippen LogP contribution in [0.2, 0.25) is 0 Å². The number of benzene rings is 2. The Labute approximate surface area is 199 Å². The van der Waals surface area contributed by atoms with Gasteiger partial charge in [0, 0.05) is 36.7 Å². The standard InChI is InChI=1S/C26H32N4O4/c1-33-23-15-20-14-21(25(31)28-22(20)16-24(23)34-2)18-30(13-12-29-10-6-7-11-29)26(32)27-17-19-8-4-3-5-9-19/h3-5,8-9,14-16H,6-7,10-13,17-18H2,1-2H3,(H,27,32)(H,28,31). The van der Waals surface area contributed by atoms with E-state index in [1.807, 2.05) is 42.5 Å². The molecule has 0 aliphatic carbocycles. The second-order valence-electron chi connectivity index (χ2n) is 8.53. The molecule has 180 valence electrons. The fourth-order valence-electron chi connectivity index (χ4n) is 4.31. The van der Waals surface area contributed by atoms with Gasteiger partial charge in [0.1, 0.15) is 0 Å². The summed E-state index contributed by atoms with van der Waals surface area (Å²) in [6.07, 6.45) is 2.38. The van der Waals surface area contributed by atoms with Crippen molar-refractivity contribution < 1.29 is 14.3 Å². The molecule has 0 bridgehead atoms. The highest BCUT2D eigenvalue weighted by Crippen LogP contribution is 2.31. The van der Waals surface area contributed by atoms with Crippen LogP contribution in [-0.2, 0) is 13.1 Å². The Morgan fingerprint density at radius 2 is 1.76 bits per heavy atom. The molecule has 8 nitrogen and oxygen atoms in total. The molecule has 1 aromatic heterocycles. The predicted octanol–water partition coefficient (Wildman–Crippen LogP) is 3.35. The van der Waals surface area contributed by atoms with Gasteiger partial charge in [-0.05, 0) is 43.6 Å². The minimum atomic E-state index is -0.221. The minimum absolute atomic E-state index is 0.185. The van der Waals surface area contributed by atoms with Crippen molar-refractivity contribution in [1.29, 1.82) is 0 Å². The first-order valence-corrected chi connectivity index (χ1v) is 11.6. The Morgan fingerprint density at radius 1 is 1.06 bits per heavy atom. The molecule has 0 spiro atoms. The lowest BCUT2D eigenvalue weighted by Gasteiger charge is -2.26. The smallest absolute Gasteiger partial charge is 0.318 e. The molecule has 2 heterocycles. The van der Waals surface area contributed by atoms with Crippen LogP contribution in [0.4, 0.5) is 4.79 Å². The summed E-state index contributed by atoms with van der Waals surface area (Å²) in [5, 5.41) is 3.82.